The number of carbonyl (C=O) groups excluding carboxylic acids is 1. The number of halogens is 1. The normalized spacial score (nSPS) is 14.8. The third-order valence-electron chi connectivity index (χ3n) is 5.39. The van der Waals surface area contributed by atoms with Crippen LogP contribution in [-0.2, 0) is 11.3 Å². The zero-order valence-electron chi connectivity index (χ0n) is 16.4. The molecule has 0 radical (unpaired) electrons. The van der Waals surface area contributed by atoms with Gasteiger partial charge in [0.2, 0.25) is 5.91 Å². The number of amides is 1. The van der Waals surface area contributed by atoms with E-state index >= 15 is 0 Å². The molecule has 0 saturated carbocycles. The van der Waals surface area contributed by atoms with Crippen molar-refractivity contribution in [2.24, 2.45) is 5.92 Å². The van der Waals surface area contributed by atoms with Gasteiger partial charge >= 0.3 is 0 Å². The lowest BCUT2D eigenvalue weighted by Crippen LogP contribution is -2.42. The Balaban J connectivity index is 1.47. The summed E-state index contributed by atoms with van der Waals surface area (Å²) in [6.45, 7) is 4.08. The molecule has 1 fully saturated rings. The highest BCUT2D eigenvalue weighted by Gasteiger charge is 2.30. The maximum Gasteiger partial charge on any atom is 0.230 e. The first kappa shape index (κ1) is 19.5. The Hall–Kier alpha value is -2.79. The van der Waals surface area contributed by atoms with Crippen LogP contribution in [0, 0.1) is 12.8 Å². The van der Waals surface area contributed by atoms with E-state index in [-0.39, 0.29) is 11.8 Å². The van der Waals surface area contributed by atoms with Crippen LogP contribution < -0.4 is 9.80 Å². The second-order valence-corrected chi connectivity index (χ2v) is 7.87. The molecule has 0 spiro atoms. The summed E-state index contributed by atoms with van der Waals surface area (Å²) in [6.07, 6.45) is 4.90. The number of aromatic nitrogens is 1. The van der Waals surface area contributed by atoms with E-state index in [1.807, 2.05) is 60.4 Å². The van der Waals surface area contributed by atoms with Crippen LogP contribution in [0.5, 0.6) is 0 Å². The molecule has 1 aliphatic heterocycles. The number of rotatable bonds is 5. The Bertz CT molecular complexity index is 931. The van der Waals surface area contributed by atoms with Gasteiger partial charge in [-0.15, -0.1) is 0 Å². The number of hydrogen-bond donors (Lipinski definition) is 0. The van der Waals surface area contributed by atoms with Crippen molar-refractivity contribution in [3.05, 3.63) is 77.3 Å². The topological polar surface area (TPSA) is 49.6 Å². The second kappa shape index (κ2) is 8.70. The van der Waals surface area contributed by atoms with E-state index < -0.39 is 0 Å². The molecule has 150 valence electrons. The molecule has 0 N–H and O–H groups in total. The summed E-state index contributed by atoms with van der Waals surface area (Å²) in [6, 6.07) is 15.6. The van der Waals surface area contributed by atoms with Crippen molar-refractivity contribution in [2.45, 2.75) is 26.3 Å². The molecular weight excluding hydrogens is 386 g/mol. The van der Waals surface area contributed by atoms with Crippen LogP contribution in [0.2, 0.25) is 5.02 Å². The van der Waals surface area contributed by atoms with Crippen LogP contribution >= 0.6 is 11.6 Å². The fourth-order valence-electron chi connectivity index (χ4n) is 3.71. The van der Waals surface area contributed by atoms with E-state index in [9.17, 15) is 4.79 Å². The molecule has 3 aromatic rings. The number of pyridine rings is 1. The molecule has 0 aliphatic carbocycles. The molecule has 4 rings (SSSR count). The monoisotopic (exact) mass is 409 g/mol. The summed E-state index contributed by atoms with van der Waals surface area (Å²) in [4.78, 5) is 21.9. The fourth-order valence-corrected chi connectivity index (χ4v) is 3.82. The number of aryl methyl sites for hydroxylation is 1. The molecule has 1 saturated heterocycles. The van der Waals surface area contributed by atoms with Crippen molar-refractivity contribution in [3.63, 3.8) is 0 Å². The molecule has 1 amide bonds. The summed E-state index contributed by atoms with van der Waals surface area (Å²) in [7, 11) is 0. The molecule has 29 heavy (non-hydrogen) atoms. The van der Waals surface area contributed by atoms with Crippen LogP contribution in [-0.4, -0.2) is 24.0 Å². The standard InChI is InChI=1S/C23H24ClN3O2/c1-17-4-7-20(8-5-17)27(16-21-3-2-14-29-21)23(28)18-10-12-26(13-11-18)22-9-6-19(24)15-25-22/h2-9,14-15,18H,10-13,16H2,1H3. The first-order valence-electron chi connectivity index (χ1n) is 9.87. The van der Waals surface area contributed by atoms with Crippen LogP contribution in [0.15, 0.2) is 65.4 Å². The van der Waals surface area contributed by atoms with Gasteiger partial charge in [0, 0.05) is 30.9 Å². The summed E-state index contributed by atoms with van der Waals surface area (Å²) >= 11 is 5.94. The van der Waals surface area contributed by atoms with Gasteiger partial charge in [0.15, 0.2) is 0 Å². The van der Waals surface area contributed by atoms with Crippen molar-refractivity contribution in [3.8, 4) is 0 Å². The Morgan fingerprint density at radius 3 is 2.55 bits per heavy atom. The number of furan rings is 1. The molecule has 2 aromatic heterocycles. The number of benzene rings is 1. The predicted molar refractivity (Wildman–Crippen MR) is 115 cm³/mol. The summed E-state index contributed by atoms with van der Waals surface area (Å²) in [5.41, 5.74) is 2.07. The van der Waals surface area contributed by atoms with Crippen molar-refractivity contribution in [2.75, 3.05) is 22.9 Å². The van der Waals surface area contributed by atoms with Gasteiger partial charge in [-0.05, 0) is 56.2 Å². The number of hydrogen-bond acceptors (Lipinski definition) is 4. The minimum atomic E-state index is -0.0187. The zero-order chi connectivity index (χ0) is 20.2. The third-order valence-corrected chi connectivity index (χ3v) is 5.61. The van der Waals surface area contributed by atoms with Crippen molar-refractivity contribution >= 4 is 29.0 Å². The Morgan fingerprint density at radius 2 is 1.93 bits per heavy atom. The van der Waals surface area contributed by atoms with E-state index in [0.29, 0.717) is 11.6 Å². The summed E-state index contributed by atoms with van der Waals surface area (Å²) in [5, 5.41) is 0.630. The van der Waals surface area contributed by atoms with Gasteiger partial charge in [0.1, 0.15) is 11.6 Å². The highest BCUT2D eigenvalue weighted by Crippen LogP contribution is 2.27. The smallest absolute Gasteiger partial charge is 0.230 e. The molecule has 0 atom stereocenters. The number of anilines is 2. The van der Waals surface area contributed by atoms with Gasteiger partial charge in [-0.1, -0.05) is 29.3 Å². The van der Waals surface area contributed by atoms with Gasteiger partial charge in [-0.3, -0.25) is 4.79 Å². The minimum absolute atomic E-state index is 0.0187. The first-order valence-corrected chi connectivity index (χ1v) is 10.2. The van der Waals surface area contributed by atoms with Crippen LogP contribution in [0.25, 0.3) is 0 Å². The van der Waals surface area contributed by atoms with Gasteiger partial charge in [0.25, 0.3) is 0 Å². The Kier molecular flexibility index (Phi) is 5.86. The summed E-state index contributed by atoms with van der Waals surface area (Å²) in [5.74, 6) is 1.82. The molecule has 3 heterocycles. The second-order valence-electron chi connectivity index (χ2n) is 7.44. The third kappa shape index (κ3) is 4.62. The van der Waals surface area contributed by atoms with Gasteiger partial charge in [-0.2, -0.15) is 0 Å². The zero-order valence-corrected chi connectivity index (χ0v) is 17.2. The van der Waals surface area contributed by atoms with Crippen LogP contribution in [0.3, 0.4) is 0 Å². The SMILES string of the molecule is Cc1ccc(N(Cc2ccco2)C(=O)C2CCN(c3ccc(Cl)cn3)CC2)cc1. The average Bonchev–Trinajstić information content (AvgIpc) is 3.26. The molecule has 0 bridgehead atoms. The maximum atomic E-state index is 13.4. The molecule has 1 aliphatic rings. The average molecular weight is 410 g/mol. The van der Waals surface area contributed by atoms with Crippen LogP contribution in [0.1, 0.15) is 24.2 Å². The van der Waals surface area contributed by atoms with Crippen molar-refractivity contribution in [1.82, 2.24) is 4.98 Å². The van der Waals surface area contributed by atoms with Gasteiger partial charge in [0.05, 0.1) is 17.8 Å². The van der Waals surface area contributed by atoms with Crippen LogP contribution in [0.4, 0.5) is 11.5 Å². The number of piperidine rings is 1. The molecule has 1 aromatic carbocycles. The number of nitrogens with zero attached hydrogens (tertiary/aromatic N) is 3. The lowest BCUT2D eigenvalue weighted by Gasteiger charge is -2.34. The summed E-state index contributed by atoms with van der Waals surface area (Å²) < 4.78 is 5.51. The lowest BCUT2D eigenvalue weighted by atomic mass is 9.94. The van der Waals surface area contributed by atoms with E-state index in [4.69, 9.17) is 16.0 Å². The van der Waals surface area contributed by atoms with E-state index in [1.165, 1.54) is 5.56 Å². The fraction of sp³-hybridized carbons (Fsp3) is 0.304. The Labute approximate surface area is 175 Å². The first-order chi connectivity index (χ1) is 14.1. The Morgan fingerprint density at radius 1 is 1.17 bits per heavy atom. The molecule has 0 unspecified atom stereocenters. The van der Waals surface area contributed by atoms with Gasteiger partial charge in [-0.25, -0.2) is 4.98 Å². The quantitative estimate of drug-likeness (QED) is 0.589. The van der Waals surface area contributed by atoms with Gasteiger partial charge < -0.3 is 14.2 Å². The lowest BCUT2D eigenvalue weighted by molar-refractivity contribution is -0.123. The highest BCUT2D eigenvalue weighted by atomic mass is 35.5. The maximum absolute atomic E-state index is 13.4. The highest BCUT2D eigenvalue weighted by molar-refractivity contribution is 6.30. The van der Waals surface area contributed by atoms with E-state index in [1.54, 1.807) is 12.5 Å². The molecule has 5 nitrogen and oxygen atoms in total. The molecular formula is C23H24ClN3O2. The predicted octanol–water partition coefficient (Wildman–Crippen LogP) is 5.09. The minimum Gasteiger partial charge on any atom is -0.467 e. The number of carbonyl (C=O) groups is 1. The van der Waals surface area contributed by atoms with Crippen molar-refractivity contribution < 1.29 is 9.21 Å². The van der Waals surface area contributed by atoms with Crippen molar-refractivity contribution in [1.29, 1.82) is 0 Å². The molecule has 6 heteroatoms. The van der Waals surface area contributed by atoms with E-state index in [0.717, 1.165) is 43.2 Å². The largest absolute Gasteiger partial charge is 0.467 e. The van der Waals surface area contributed by atoms with E-state index in [2.05, 4.69) is 9.88 Å².